The van der Waals surface area contributed by atoms with Gasteiger partial charge in [-0.1, -0.05) is 6.92 Å². The summed E-state index contributed by atoms with van der Waals surface area (Å²) in [5, 5.41) is 18.0. The smallest absolute Gasteiger partial charge is 0.349 e. The molecule has 2 aromatic rings. The van der Waals surface area contributed by atoms with Gasteiger partial charge in [0.25, 0.3) is 0 Å². The highest BCUT2D eigenvalue weighted by molar-refractivity contribution is 5.44. The molecule has 21 heavy (non-hydrogen) atoms. The minimum atomic E-state index is -0.582. The van der Waals surface area contributed by atoms with Gasteiger partial charge in [0.05, 0.1) is 17.3 Å². The highest BCUT2D eigenvalue weighted by atomic mass is 16.6. The first kappa shape index (κ1) is 14.7. The molecule has 0 amide bonds. The highest BCUT2D eigenvalue weighted by Crippen LogP contribution is 2.29. The van der Waals surface area contributed by atoms with E-state index in [1.54, 1.807) is 10.9 Å². The molecular weight excluding hydrogens is 276 g/mol. The molecule has 0 bridgehead atoms. The average Bonchev–Trinajstić information content (AvgIpc) is 2.87. The molecule has 1 N–H and O–H groups in total. The monoisotopic (exact) mass is 292 g/mol. The second-order valence-corrected chi connectivity index (χ2v) is 4.21. The lowest BCUT2D eigenvalue weighted by atomic mass is 10.5. The molecule has 0 saturated heterocycles. The van der Waals surface area contributed by atoms with Crippen LogP contribution in [0.2, 0.25) is 0 Å². The van der Waals surface area contributed by atoms with Gasteiger partial charge in [0, 0.05) is 13.1 Å². The van der Waals surface area contributed by atoms with E-state index in [9.17, 15) is 10.1 Å². The summed E-state index contributed by atoms with van der Waals surface area (Å²) in [6, 6.07) is 0. The van der Waals surface area contributed by atoms with Crippen molar-refractivity contribution in [1.29, 1.82) is 0 Å². The molecule has 2 aromatic heterocycles. The van der Waals surface area contributed by atoms with Crippen molar-refractivity contribution in [2.24, 2.45) is 0 Å². The summed E-state index contributed by atoms with van der Waals surface area (Å²) in [5.74, 6) is 0.564. The number of nitro groups is 1. The van der Waals surface area contributed by atoms with Gasteiger partial charge < -0.3 is 10.1 Å². The Morgan fingerprint density at radius 3 is 2.90 bits per heavy atom. The Bertz CT molecular complexity index is 627. The van der Waals surface area contributed by atoms with Crippen molar-refractivity contribution >= 4 is 11.6 Å². The zero-order valence-electron chi connectivity index (χ0n) is 11.8. The molecule has 0 aliphatic heterocycles. The summed E-state index contributed by atoms with van der Waals surface area (Å²) in [4.78, 5) is 18.3. The fourth-order valence-electron chi connectivity index (χ4n) is 1.66. The lowest BCUT2D eigenvalue weighted by Crippen LogP contribution is -2.04. The van der Waals surface area contributed by atoms with E-state index in [0.717, 1.165) is 19.2 Å². The maximum absolute atomic E-state index is 11.0. The van der Waals surface area contributed by atoms with E-state index in [0.29, 0.717) is 12.3 Å². The topological polar surface area (TPSA) is 108 Å². The maximum Gasteiger partial charge on any atom is 0.349 e. The van der Waals surface area contributed by atoms with E-state index in [2.05, 4.69) is 20.4 Å². The minimum absolute atomic E-state index is 0.109. The first-order valence-corrected chi connectivity index (χ1v) is 6.59. The molecule has 2 rings (SSSR count). The van der Waals surface area contributed by atoms with E-state index in [-0.39, 0.29) is 17.5 Å². The van der Waals surface area contributed by atoms with Crippen molar-refractivity contribution in [3.63, 3.8) is 0 Å². The summed E-state index contributed by atoms with van der Waals surface area (Å²) in [7, 11) is 0. The third-order valence-electron chi connectivity index (χ3n) is 2.54. The maximum atomic E-state index is 11.0. The summed E-state index contributed by atoms with van der Waals surface area (Å²) in [6.07, 6.45) is 5.22. The predicted octanol–water partition coefficient (Wildman–Crippen LogP) is 2.22. The highest BCUT2D eigenvalue weighted by Gasteiger charge is 2.20. The third-order valence-corrected chi connectivity index (χ3v) is 2.54. The molecular formula is C12H16N6O3. The number of nitrogens with one attached hydrogen (secondary N) is 1. The Morgan fingerprint density at radius 1 is 1.43 bits per heavy atom. The minimum Gasteiger partial charge on any atom is -0.430 e. The predicted molar refractivity (Wildman–Crippen MR) is 75.4 cm³/mol. The average molecular weight is 292 g/mol. The van der Waals surface area contributed by atoms with Gasteiger partial charge in [-0.15, -0.1) is 0 Å². The van der Waals surface area contributed by atoms with E-state index in [1.165, 1.54) is 6.20 Å². The summed E-state index contributed by atoms with van der Waals surface area (Å²) in [6.45, 7) is 5.25. The molecule has 9 nitrogen and oxygen atoms in total. The number of rotatable bonds is 7. The van der Waals surface area contributed by atoms with Crippen LogP contribution in [0.25, 0.3) is 0 Å². The normalized spacial score (nSPS) is 10.4. The number of hydrogen-bond donors (Lipinski definition) is 1. The van der Waals surface area contributed by atoms with Gasteiger partial charge in [0.1, 0.15) is 6.20 Å². The summed E-state index contributed by atoms with van der Waals surface area (Å²) in [5.41, 5.74) is -0.292. The van der Waals surface area contributed by atoms with E-state index in [4.69, 9.17) is 4.74 Å². The number of anilines is 1. The zero-order chi connectivity index (χ0) is 15.2. The number of hydrogen-bond acceptors (Lipinski definition) is 7. The molecule has 0 spiro atoms. The van der Waals surface area contributed by atoms with Crippen LogP contribution in [0.1, 0.15) is 20.3 Å². The van der Waals surface area contributed by atoms with E-state index >= 15 is 0 Å². The van der Waals surface area contributed by atoms with E-state index < -0.39 is 4.92 Å². The lowest BCUT2D eigenvalue weighted by molar-refractivity contribution is -0.386. The third kappa shape index (κ3) is 3.65. The molecule has 0 unspecified atom stereocenters. The van der Waals surface area contributed by atoms with Gasteiger partial charge in [-0.3, -0.25) is 14.8 Å². The summed E-state index contributed by atoms with van der Waals surface area (Å²) >= 11 is 0. The number of nitrogens with zero attached hydrogens (tertiary/aromatic N) is 5. The molecule has 0 fully saturated rings. The molecule has 0 radical (unpaired) electrons. The van der Waals surface area contributed by atoms with Crippen LogP contribution in [0.5, 0.6) is 11.6 Å². The Kier molecular flexibility index (Phi) is 4.64. The van der Waals surface area contributed by atoms with Gasteiger partial charge in [-0.25, -0.2) is 4.98 Å². The van der Waals surface area contributed by atoms with Gasteiger partial charge in [-0.05, 0) is 13.3 Å². The lowest BCUT2D eigenvalue weighted by Gasteiger charge is -2.05. The zero-order valence-corrected chi connectivity index (χ0v) is 11.8. The van der Waals surface area contributed by atoms with Gasteiger partial charge in [-0.2, -0.15) is 10.1 Å². The Morgan fingerprint density at radius 2 is 2.24 bits per heavy atom. The van der Waals surface area contributed by atoms with Crippen molar-refractivity contribution in [3.05, 3.63) is 28.7 Å². The quantitative estimate of drug-likeness (QED) is 0.615. The molecule has 0 aliphatic carbocycles. The molecule has 112 valence electrons. The van der Waals surface area contributed by atoms with Crippen LogP contribution < -0.4 is 10.1 Å². The summed E-state index contributed by atoms with van der Waals surface area (Å²) < 4.78 is 7.17. The van der Waals surface area contributed by atoms with Gasteiger partial charge in [0.15, 0.2) is 5.75 Å². The van der Waals surface area contributed by atoms with Crippen molar-refractivity contribution in [2.75, 3.05) is 11.9 Å². The molecule has 0 atom stereocenters. The number of aromatic nitrogens is 4. The van der Waals surface area contributed by atoms with Crippen LogP contribution >= 0.6 is 0 Å². The van der Waals surface area contributed by atoms with Crippen molar-refractivity contribution in [3.8, 4) is 11.6 Å². The SMILES string of the molecule is CCCn1cc(Oc2nc(NCC)ncc2[N+](=O)[O-])cn1. The standard InChI is InChI=1S/C12H16N6O3/c1-3-5-17-8-9(6-15-17)21-11-10(18(19)20)7-14-12(16-11)13-4-2/h6-8H,3-5H2,1-2H3,(H,13,14,16). The van der Waals surface area contributed by atoms with Crippen molar-refractivity contribution in [1.82, 2.24) is 19.7 Å². The fourth-order valence-corrected chi connectivity index (χ4v) is 1.66. The molecule has 9 heteroatoms. The molecule has 0 aromatic carbocycles. The molecule has 2 heterocycles. The van der Waals surface area contributed by atoms with Crippen LogP contribution in [-0.2, 0) is 6.54 Å². The van der Waals surface area contributed by atoms with E-state index in [1.807, 2.05) is 13.8 Å². The molecule has 0 aliphatic rings. The van der Waals surface area contributed by atoms with Crippen molar-refractivity contribution in [2.45, 2.75) is 26.8 Å². The number of aryl methyl sites for hydroxylation is 1. The fraction of sp³-hybridized carbons (Fsp3) is 0.417. The van der Waals surface area contributed by atoms with Crippen LogP contribution in [0, 0.1) is 10.1 Å². The van der Waals surface area contributed by atoms with Gasteiger partial charge in [0.2, 0.25) is 5.95 Å². The number of ether oxygens (including phenoxy) is 1. The Hall–Kier alpha value is -2.71. The van der Waals surface area contributed by atoms with Gasteiger partial charge >= 0.3 is 11.6 Å². The molecule has 0 saturated carbocycles. The largest absolute Gasteiger partial charge is 0.430 e. The van der Waals surface area contributed by atoms with Crippen molar-refractivity contribution < 1.29 is 9.66 Å². The van der Waals surface area contributed by atoms with Crippen LogP contribution in [0.3, 0.4) is 0 Å². The van der Waals surface area contributed by atoms with Crippen LogP contribution in [-0.4, -0.2) is 31.2 Å². The van der Waals surface area contributed by atoms with Crippen LogP contribution in [0.15, 0.2) is 18.6 Å². The first-order chi connectivity index (χ1) is 10.1. The Labute approximate surface area is 121 Å². The van der Waals surface area contributed by atoms with Crippen LogP contribution in [0.4, 0.5) is 11.6 Å². The second kappa shape index (κ2) is 6.64. The Balaban J connectivity index is 2.26. The first-order valence-electron chi connectivity index (χ1n) is 6.59. The second-order valence-electron chi connectivity index (χ2n) is 4.21.